The van der Waals surface area contributed by atoms with Gasteiger partial charge >= 0.3 is 0 Å². The summed E-state index contributed by atoms with van der Waals surface area (Å²) in [5, 5.41) is 3.89. The standard InChI is InChI=1S/C29H24ClN3O3S2/c1-3-33-27(34)26(38-29(33)32-28-31-23(18-37-28)21-7-5-4-6-8-21)16-20-11-14-24(25(15-20)35-2)36-17-19-9-12-22(30)13-10-19/h4-16,18H,3,17H2,1-2H3/b26-16-,32-29+. The van der Waals surface area contributed by atoms with Gasteiger partial charge in [0.25, 0.3) is 5.91 Å². The van der Waals surface area contributed by atoms with Crippen LogP contribution in [0.25, 0.3) is 17.3 Å². The Balaban J connectivity index is 1.34. The van der Waals surface area contributed by atoms with Gasteiger partial charge in [-0.25, -0.2) is 4.98 Å². The smallest absolute Gasteiger partial charge is 0.266 e. The molecule has 0 spiro atoms. The molecule has 9 heteroatoms. The second kappa shape index (κ2) is 11.9. The van der Waals surface area contributed by atoms with E-state index in [2.05, 4.69) is 4.98 Å². The van der Waals surface area contributed by atoms with E-state index in [0.29, 0.717) is 44.9 Å². The van der Waals surface area contributed by atoms with Crippen LogP contribution in [0, 0.1) is 0 Å². The summed E-state index contributed by atoms with van der Waals surface area (Å²) in [5.74, 6) is 1.12. The van der Waals surface area contributed by atoms with E-state index in [4.69, 9.17) is 26.1 Å². The van der Waals surface area contributed by atoms with Gasteiger partial charge in [0.05, 0.1) is 17.7 Å². The lowest BCUT2D eigenvalue weighted by Crippen LogP contribution is -2.28. The van der Waals surface area contributed by atoms with Crippen LogP contribution in [-0.2, 0) is 11.4 Å². The van der Waals surface area contributed by atoms with Crippen LogP contribution < -0.4 is 9.47 Å². The Bertz CT molecular complexity index is 1500. The normalized spacial score (nSPS) is 15.4. The van der Waals surface area contributed by atoms with Crippen LogP contribution in [0.1, 0.15) is 18.1 Å². The van der Waals surface area contributed by atoms with Crippen molar-refractivity contribution in [2.24, 2.45) is 4.99 Å². The third kappa shape index (κ3) is 5.93. The molecular weight excluding hydrogens is 538 g/mol. The summed E-state index contributed by atoms with van der Waals surface area (Å²) >= 11 is 8.76. The first-order valence-electron chi connectivity index (χ1n) is 11.9. The molecule has 1 fully saturated rings. The molecule has 0 N–H and O–H groups in total. The number of hydrogen-bond acceptors (Lipinski definition) is 7. The van der Waals surface area contributed by atoms with Crippen LogP contribution in [0.5, 0.6) is 11.5 Å². The third-order valence-electron chi connectivity index (χ3n) is 5.75. The average molecular weight is 562 g/mol. The van der Waals surface area contributed by atoms with Crippen LogP contribution in [0.4, 0.5) is 5.13 Å². The van der Waals surface area contributed by atoms with Crippen molar-refractivity contribution >= 4 is 57.0 Å². The first-order valence-corrected chi connectivity index (χ1v) is 14.0. The Morgan fingerprint density at radius 1 is 1.05 bits per heavy atom. The van der Waals surface area contributed by atoms with Crippen LogP contribution >= 0.6 is 34.7 Å². The second-order valence-corrected chi connectivity index (χ2v) is 10.5. The monoisotopic (exact) mass is 561 g/mol. The molecule has 1 aromatic heterocycles. The molecule has 4 aromatic rings. The van der Waals surface area contributed by atoms with Gasteiger partial charge in [0.1, 0.15) is 6.61 Å². The lowest BCUT2D eigenvalue weighted by atomic mass is 10.1. The lowest BCUT2D eigenvalue weighted by molar-refractivity contribution is -0.122. The maximum absolute atomic E-state index is 13.1. The minimum atomic E-state index is -0.0851. The molecular formula is C29H24ClN3O3S2. The number of amides is 1. The van der Waals surface area contributed by atoms with Gasteiger partial charge in [0.15, 0.2) is 16.7 Å². The first kappa shape index (κ1) is 26.0. The van der Waals surface area contributed by atoms with Crippen molar-refractivity contribution in [1.29, 1.82) is 0 Å². The molecule has 0 unspecified atom stereocenters. The Morgan fingerprint density at radius 3 is 2.58 bits per heavy atom. The number of ether oxygens (including phenoxy) is 2. The molecule has 1 aliphatic rings. The quantitative estimate of drug-likeness (QED) is 0.206. The fourth-order valence-electron chi connectivity index (χ4n) is 3.80. The average Bonchev–Trinajstić information content (AvgIpc) is 3.53. The number of thioether (sulfide) groups is 1. The summed E-state index contributed by atoms with van der Waals surface area (Å²) in [5.41, 5.74) is 3.73. The molecule has 2 heterocycles. The molecule has 0 radical (unpaired) electrons. The fraction of sp³-hybridized carbons (Fsp3) is 0.138. The van der Waals surface area contributed by atoms with E-state index < -0.39 is 0 Å². The zero-order chi connectivity index (χ0) is 26.5. The van der Waals surface area contributed by atoms with E-state index in [-0.39, 0.29) is 5.91 Å². The van der Waals surface area contributed by atoms with Gasteiger partial charge in [-0.15, -0.1) is 11.3 Å². The van der Waals surface area contributed by atoms with Gasteiger partial charge in [-0.3, -0.25) is 9.69 Å². The van der Waals surface area contributed by atoms with Crippen molar-refractivity contribution in [2.75, 3.05) is 13.7 Å². The van der Waals surface area contributed by atoms with Gasteiger partial charge < -0.3 is 9.47 Å². The van der Waals surface area contributed by atoms with Crippen molar-refractivity contribution in [2.45, 2.75) is 13.5 Å². The number of aliphatic imine (C=N–C) groups is 1. The van der Waals surface area contributed by atoms with Crippen LogP contribution in [0.15, 0.2) is 88.1 Å². The predicted molar refractivity (Wildman–Crippen MR) is 156 cm³/mol. The van der Waals surface area contributed by atoms with Crippen LogP contribution in [0.3, 0.4) is 0 Å². The van der Waals surface area contributed by atoms with Crippen molar-refractivity contribution < 1.29 is 14.3 Å². The minimum absolute atomic E-state index is 0.0851. The highest BCUT2D eigenvalue weighted by atomic mass is 35.5. The van der Waals surface area contributed by atoms with Crippen molar-refractivity contribution in [3.05, 3.63) is 99.2 Å². The number of hydrogen-bond donors (Lipinski definition) is 0. The predicted octanol–water partition coefficient (Wildman–Crippen LogP) is 7.68. The molecule has 1 amide bonds. The van der Waals surface area contributed by atoms with Gasteiger partial charge in [0.2, 0.25) is 5.13 Å². The molecule has 6 nitrogen and oxygen atoms in total. The summed E-state index contributed by atoms with van der Waals surface area (Å²) in [4.78, 5) is 24.7. The number of halogens is 1. The molecule has 1 saturated heterocycles. The van der Waals surface area contributed by atoms with Crippen LogP contribution in [-0.4, -0.2) is 34.6 Å². The summed E-state index contributed by atoms with van der Waals surface area (Å²) in [6, 6.07) is 23.1. The number of carbonyl (C=O) groups is 1. The van der Waals surface area contributed by atoms with Crippen molar-refractivity contribution in [3.63, 3.8) is 0 Å². The molecule has 0 atom stereocenters. The highest BCUT2D eigenvalue weighted by Gasteiger charge is 2.32. The number of thiazole rings is 1. The number of benzene rings is 3. The number of likely N-dealkylation sites (N-methyl/N-ethyl adjacent to an activating group) is 1. The van der Waals surface area contributed by atoms with Crippen molar-refractivity contribution in [1.82, 2.24) is 9.88 Å². The van der Waals surface area contributed by atoms with Gasteiger partial charge in [-0.1, -0.05) is 60.1 Å². The van der Waals surface area contributed by atoms with E-state index in [9.17, 15) is 4.79 Å². The van der Waals surface area contributed by atoms with E-state index in [1.807, 2.05) is 91.2 Å². The SMILES string of the molecule is CCN1C(=O)/C(=C/c2ccc(OCc3ccc(Cl)cc3)c(OC)c2)S/C1=N/c1nc(-c2ccccc2)cs1. The first-order chi connectivity index (χ1) is 18.5. The van der Waals surface area contributed by atoms with Gasteiger partial charge in [-0.05, 0) is 60.2 Å². The molecule has 0 bridgehead atoms. The fourth-order valence-corrected chi connectivity index (χ4v) is 5.72. The second-order valence-electron chi connectivity index (χ2n) is 8.26. The molecule has 1 aliphatic heterocycles. The van der Waals surface area contributed by atoms with E-state index in [1.54, 1.807) is 12.0 Å². The molecule has 3 aromatic carbocycles. The largest absolute Gasteiger partial charge is 0.493 e. The summed E-state index contributed by atoms with van der Waals surface area (Å²) in [6.45, 7) is 2.83. The Labute approximate surface area is 234 Å². The lowest BCUT2D eigenvalue weighted by Gasteiger charge is -2.12. The number of nitrogens with zero attached hydrogens (tertiary/aromatic N) is 3. The van der Waals surface area contributed by atoms with E-state index in [0.717, 1.165) is 22.4 Å². The van der Waals surface area contributed by atoms with Crippen molar-refractivity contribution in [3.8, 4) is 22.8 Å². The molecule has 0 saturated carbocycles. The van der Waals surface area contributed by atoms with Gasteiger partial charge in [0, 0.05) is 22.5 Å². The summed E-state index contributed by atoms with van der Waals surface area (Å²) < 4.78 is 11.5. The van der Waals surface area contributed by atoms with E-state index >= 15 is 0 Å². The maximum atomic E-state index is 13.1. The summed E-state index contributed by atoms with van der Waals surface area (Å²) in [7, 11) is 1.60. The molecule has 0 aliphatic carbocycles. The molecule has 5 rings (SSSR count). The Hall–Kier alpha value is -3.59. The number of aromatic nitrogens is 1. The third-order valence-corrected chi connectivity index (χ3v) is 7.74. The molecule has 192 valence electrons. The Kier molecular flexibility index (Phi) is 8.12. The number of carbonyl (C=O) groups excluding carboxylic acids is 1. The number of rotatable bonds is 8. The minimum Gasteiger partial charge on any atom is -0.493 e. The maximum Gasteiger partial charge on any atom is 0.266 e. The highest BCUT2D eigenvalue weighted by Crippen LogP contribution is 2.37. The number of methoxy groups -OCH3 is 1. The van der Waals surface area contributed by atoms with Crippen LogP contribution in [0.2, 0.25) is 5.02 Å². The van der Waals surface area contributed by atoms with Gasteiger partial charge in [-0.2, -0.15) is 4.99 Å². The Morgan fingerprint density at radius 2 is 1.84 bits per heavy atom. The molecule has 38 heavy (non-hydrogen) atoms. The summed E-state index contributed by atoms with van der Waals surface area (Å²) in [6.07, 6.45) is 1.85. The topological polar surface area (TPSA) is 64.0 Å². The highest BCUT2D eigenvalue weighted by molar-refractivity contribution is 8.18. The zero-order valence-corrected chi connectivity index (χ0v) is 23.1. The zero-order valence-electron chi connectivity index (χ0n) is 20.8. The number of amidine groups is 1. The van der Waals surface area contributed by atoms with E-state index in [1.165, 1.54) is 23.1 Å².